The number of benzene rings is 2. The highest BCUT2D eigenvalue weighted by molar-refractivity contribution is 9.10. The van der Waals surface area contributed by atoms with Gasteiger partial charge in [0.1, 0.15) is 0 Å². The number of halogens is 1. The minimum atomic E-state index is -0.868. The maximum atomic E-state index is 12.4. The van der Waals surface area contributed by atoms with E-state index in [2.05, 4.69) is 21.2 Å². The van der Waals surface area contributed by atoms with E-state index in [1.54, 1.807) is 25.1 Å². The third-order valence-corrected chi connectivity index (χ3v) is 3.87. The molecule has 2 aromatic carbocycles. The van der Waals surface area contributed by atoms with Crippen molar-refractivity contribution in [1.29, 1.82) is 0 Å². The SMILES string of the molecule is CC(CO)(NC(=O)c1cc(Br)ccc1N)c1ccccc1. The number of hydrogen-bond donors (Lipinski definition) is 3. The Bertz CT molecular complexity index is 646. The number of amides is 1. The normalized spacial score (nSPS) is 13.5. The molecule has 0 radical (unpaired) electrons. The molecule has 4 N–H and O–H groups in total. The number of hydrogen-bond acceptors (Lipinski definition) is 3. The van der Waals surface area contributed by atoms with E-state index in [-0.39, 0.29) is 12.5 Å². The van der Waals surface area contributed by atoms with Gasteiger partial charge in [-0.25, -0.2) is 0 Å². The first-order chi connectivity index (χ1) is 9.96. The van der Waals surface area contributed by atoms with Crippen molar-refractivity contribution < 1.29 is 9.90 Å². The molecule has 2 aromatic rings. The Morgan fingerprint density at radius 2 is 1.95 bits per heavy atom. The first-order valence-corrected chi connectivity index (χ1v) is 7.29. The van der Waals surface area contributed by atoms with E-state index >= 15 is 0 Å². The van der Waals surface area contributed by atoms with Crippen LogP contribution in [0.1, 0.15) is 22.8 Å². The second-order valence-electron chi connectivity index (χ2n) is 5.04. The van der Waals surface area contributed by atoms with Crippen LogP contribution in [0.2, 0.25) is 0 Å². The fraction of sp³-hybridized carbons (Fsp3) is 0.188. The van der Waals surface area contributed by atoms with Gasteiger partial charge in [0.25, 0.3) is 5.91 Å². The zero-order valence-corrected chi connectivity index (χ0v) is 13.2. The van der Waals surface area contributed by atoms with Gasteiger partial charge in [-0.05, 0) is 30.7 Å². The summed E-state index contributed by atoms with van der Waals surface area (Å²) in [5, 5.41) is 12.6. The van der Waals surface area contributed by atoms with Crippen LogP contribution in [-0.4, -0.2) is 17.6 Å². The van der Waals surface area contributed by atoms with Crippen LogP contribution in [0, 0.1) is 0 Å². The first kappa shape index (κ1) is 15.5. The monoisotopic (exact) mass is 348 g/mol. The van der Waals surface area contributed by atoms with E-state index in [4.69, 9.17) is 5.73 Å². The van der Waals surface area contributed by atoms with Crippen molar-refractivity contribution in [2.75, 3.05) is 12.3 Å². The smallest absolute Gasteiger partial charge is 0.254 e. The van der Waals surface area contributed by atoms with Gasteiger partial charge < -0.3 is 16.2 Å². The molecule has 0 fully saturated rings. The van der Waals surface area contributed by atoms with E-state index in [1.807, 2.05) is 30.3 Å². The molecule has 1 unspecified atom stereocenters. The standard InChI is InChI=1S/C16H17BrN2O2/c1-16(10-20,11-5-3-2-4-6-11)19-15(21)13-9-12(17)7-8-14(13)18/h2-9,20H,10,18H2,1H3,(H,19,21). The average Bonchev–Trinajstić information content (AvgIpc) is 2.50. The highest BCUT2D eigenvalue weighted by Gasteiger charge is 2.28. The zero-order chi connectivity index (χ0) is 15.5. The average molecular weight is 349 g/mol. The van der Waals surface area contributed by atoms with Crippen molar-refractivity contribution in [3.05, 3.63) is 64.1 Å². The fourth-order valence-electron chi connectivity index (χ4n) is 2.05. The van der Waals surface area contributed by atoms with Gasteiger partial charge in [-0.15, -0.1) is 0 Å². The highest BCUT2D eigenvalue weighted by atomic mass is 79.9. The summed E-state index contributed by atoms with van der Waals surface area (Å²) in [5.41, 5.74) is 6.57. The molecule has 4 nitrogen and oxygen atoms in total. The van der Waals surface area contributed by atoms with E-state index < -0.39 is 5.54 Å². The minimum absolute atomic E-state index is 0.212. The second-order valence-corrected chi connectivity index (χ2v) is 5.96. The summed E-state index contributed by atoms with van der Waals surface area (Å²) in [4.78, 5) is 12.4. The molecule has 0 heterocycles. The lowest BCUT2D eigenvalue weighted by molar-refractivity contribution is 0.0850. The van der Waals surface area contributed by atoms with Crippen molar-refractivity contribution in [2.45, 2.75) is 12.5 Å². The molecule has 2 rings (SSSR count). The number of nitrogen functional groups attached to an aromatic ring is 1. The molecular weight excluding hydrogens is 332 g/mol. The summed E-state index contributed by atoms with van der Waals surface area (Å²) < 4.78 is 0.771. The number of anilines is 1. The van der Waals surface area contributed by atoms with Crippen molar-refractivity contribution in [3.8, 4) is 0 Å². The van der Waals surface area contributed by atoms with Gasteiger partial charge >= 0.3 is 0 Å². The maximum Gasteiger partial charge on any atom is 0.254 e. The minimum Gasteiger partial charge on any atom is -0.398 e. The van der Waals surface area contributed by atoms with Crippen molar-refractivity contribution in [3.63, 3.8) is 0 Å². The van der Waals surface area contributed by atoms with Crippen LogP contribution in [0.15, 0.2) is 53.0 Å². The van der Waals surface area contributed by atoms with Gasteiger partial charge in [0.2, 0.25) is 0 Å². The molecule has 1 amide bonds. The molecule has 1 atom stereocenters. The number of aliphatic hydroxyl groups is 1. The van der Waals surface area contributed by atoms with Crippen LogP contribution >= 0.6 is 15.9 Å². The first-order valence-electron chi connectivity index (χ1n) is 6.50. The van der Waals surface area contributed by atoms with E-state index in [0.29, 0.717) is 11.3 Å². The number of rotatable bonds is 4. The Labute approximate surface area is 132 Å². The van der Waals surface area contributed by atoms with Crippen LogP contribution < -0.4 is 11.1 Å². The van der Waals surface area contributed by atoms with Gasteiger partial charge in [-0.2, -0.15) is 0 Å². The Morgan fingerprint density at radius 1 is 1.29 bits per heavy atom. The second kappa shape index (κ2) is 6.28. The topological polar surface area (TPSA) is 75.3 Å². The number of nitrogens with one attached hydrogen (secondary N) is 1. The third kappa shape index (κ3) is 3.43. The summed E-state index contributed by atoms with van der Waals surface area (Å²) in [6, 6.07) is 14.4. The fourth-order valence-corrected chi connectivity index (χ4v) is 2.41. The van der Waals surface area contributed by atoms with E-state index in [9.17, 15) is 9.90 Å². The molecule has 0 aliphatic carbocycles. The molecular formula is C16H17BrN2O2. The van der Waals surface area contributed by atoms with Gasteiger partial charge in [-0.1, -0.05) is 46.3 Å². The van der Waals surface area contributed by atoms with Crippen LogP contribution in [0.4, 0.5) is 5.69 Å². The van der Waals surface area contributed by atoms with E-state index in [1.165, 1.54) is 0 Å². The van der Waals surface area contributed by atoms with Crippen LogP contribution in [0.25, 0.3) is 0 Å². The largest absolute Gasteiger partial charge is 0.398 e. The quantitative estimate of drug-likeness (QED) is 0.743. The lowest BCUT2D eigenvalue weighted by Crippen LogP contribution is -2.46. The van der Waals surface area contributed by atoms with Crippen LogP contribution in [0.5, 0.6) is 0 Å². The Kier molecular flexibility index (Phi) is 4.65. The number of carbonyl (C=O) groups is 1. The van der Waals surface area contributed by atoms with Crippen molar-refractivity contribution in [1.82, 2.24) is 5.32 Å². The third-order valence-electron chi connectivity index (χ3n) is 3.38. The summed E-state index contributed by atoms with van der Waals surface area (Å²) in [5.74, 6) is -0.325. The predicted octanol–water partition coefficient (Wildman–Crippen LogP) is 2.67. The van der Waals surface area contributed by atoms with Gasteiger partial charge in [0.15, 0.2) is 0 Å². The van der Waals surface area contributed by atoms with Crippen LogP contribution in [0.3, 0.4) is 0 Å². The van der Waals surface area contributed by atoms with E-state index in [0.717, 1.165) is 10.0 Å². The molecule has 0 aromatic heterocycles. The molecule has 21 heavy (non-hydrogen) atoms. The molecule has 110 valence electrons. The highest BCUT2D eigenvalue weighted by Crippen LogP contribution is 2.23. The van der Waals surface area contributed by atoms with Crippen LogP contribution in [-0.2, 0) is 5.54 Å². The summed E-state index contributed by atoms with van der Waals surface area (Å²) >= 11 is 3.32. The lowest BCUT2D eigenvalue weighted by atomic mass is 9.92. The molecule has 0 saturated heterocycles. The van der Waals surface area contributed by atoms with Gasteiger partial charge in [0.05, 0.1) is 17.7 Å². The predicted molar refractivity (Wildman–Crippen MR) is 86.9 cm³/mol. The Balaban J connectivity index is 2.30. The molecule has 5 heteroatoms. The molecule has 0 aliphatic heterocycles. The number of carbonyl (C=O) groups excluding carboxylic acids is 1. The summed E-state index contributed by atoms with van der Waals surface area (Å²) in [6.07, 6.45) is 0. The maximum absolute atomic E-state index is 12.4. The molecule has 0 bridgehead atoms. The number of aliphatic hydroxyl groups excluding tert-OH is 1. The summed E-state index contributed by atoms with van der Waals surface area (Å²) in [7, 11) is 0. The van der Waals surface area contributed by atoms with Crippen molar-refractivity contribution >= 4 is 27.5 Å². The zero-order valence-electron chi connectivity index (χ0n) is 11.6. The molecule has 0 spiro atoms. The van der Waals surface area contributed by atoms with Gasteiger partial charge in [-0.3, -0.25) is 4.79 Å². The Morgan fingerprint density at radius 3 is 2.57 bits per heavy atom. The Hall–Kier alpha value is -1.85. The number of nitrogens with two attached hydrogens (primary N) is 1. The summed E-state index contributed by atoms with van der Waals surface area (Å²) in [6.45, 7) is 1.56. The van der Waals surface area contributed by atoms with Gasteiger partial charge in [0, 0.05) is 10.2 Å². The molecule has 0 aliphatic rings. The lowest BCUT2D eigenvalue weighted by Gasteiger charge is -2.29. The van der Waals surface area contributed by atoms with Crippen molar-refractivity contribution in [2.24, 2.45) is 0 Å². The molecule has 0 saturated carbocycles.